The van der Waals surface area contributed by atoms with Crippen molar-refractivity contribution < 1.29 is 41.5 Å². The van der Waals surface area contributed by atoms with Crippen molar-refractivity contribution in [2.75, 3.05) is 19.8 Å². The van der Waals surface area contributed by atoms with Crippen molar-refractivity contribution in [1.29, 1.82) is 0 Å². The Labute approximate surface area is 89.1 Å². The lowest BCUT2D eigenvalue weighted by atomic mass is 10.1. The van der Waals surface area contributed by atoms with Crippen molar-refractivity contribution in [2.45, 2.75) is 11.0 Å². The third-order valence-corrected chi connectivity index (χ3v) is 1.82. The predicted octanol–water partition coefficient (Wildman–Crippen LogP) is -1.95. The van der Waals surface area contributed by atoms with Crippen molar-refractivity contribution in [3.05, 3.63) is 0 Å². The molecule has 0 bridgehead atoms. The first-order valence-electron chi connectivity index (χ1n) is 3.58. The largest absolute Gasteiger partial charge is 0.522 e. The number of alkyl halides is 3. The number of rotatable bonds is 3. The molecule has 0 aliphatic carbocycles. The minimum absolute atomic E-state index is 0.403. The molecule has 6 N–H and O–H groups in total. The zero-order chi connectivity index (χ0) is 13.6. The van der Waals surface area contributed by atoms with Gasteiger partial charge >= 0.3 is 15.6 Å². The van der Waals surface area contributed by atoms with Gasteiger partial charge in [0.15, 0.2) is 0 Å². The van der Waals surface area contributed by atoms with E-state index < -0.39 is 41.0 Å². The maximum Gasteiger partial charge on any atom is 0.522 e. The topological polar surface area (TPSA) is 141 Å². The van der Waals surface area contributed by atoms with Crippen molar-refractivity contribution in [2.24, 2.45) is 5.73 Å². The molecule has 0 rings (SSSR count). The Hall–Kier alpha value is -0.460. The van der Waals surface area contributed by atoms with Gasteiger partial charge in [0.05, 0.1) is 25.4 Å². The van der Waals surface area contributed by atoms with E-state index in [2.05, 4.69) is 0 Å². The van der Waals surface area contributed by atoms with Gasteiger partial charge in [-0.1, -0.05) is 0 Å². The van der Waals surface area contributed by atoms with Crippen LogP contribution in [0.15, 0.2) is 0 Å². The standard InChI is InChI=1S/C4H11NO3.CHF3O3S/c5-4(1-6,2-7)3-8;2-1(3,4)8(5,6)7/h6-8H,1-3,5H2;(H,5,6,7). The highest BCUT2D eigenvalue weighted by molar-refractivity contribution is 7.86. The third-order valence-electron chi connectivity index (χ3n) is 1.24. The molecule has 0 aromatic rings. The van der Waals surface area contributed by atoms with Crippen LogP contribution in [0.1, 0.15) is 0 Å². The monoisotopic (exact) mass is 271 g/mol. The van der Waals surface area contributed by atoms with Gasteiger partial charge in [0.1, 0.15) is 0 Å². The lowest BCUT2D eigenvalue weighted by molar-refractivity contribution is -0.0510. The summed E-state index contributed by atoms with van der Waals surface area (Å²) < 4.78 is 57.5. The lowest BCUT2D eigenvalue weighted by Gasteiger charge is -2.20. The molecule has 0 unspecified atom stereocenters. The molecular formula is C5H12F3NO6S. The minimum Gasteiger partial charge on any atom is -0.394 e. The van der Waals surface area contributed by atoms with Crippen molar-refractivity contribution >= 4 is 10.1 Å². The number of halogens is 3. The number of aliphatic hydroxyl groups is 3. The van der Waals surface area contributed by atoms with E-state index in [1.54, 1.807) is 0 Å². The van der Waals surface area contributed by atoms with Gasteiger partial charge in [-0.25, -0.2) is 0 Å². The van der Waals surface area contributed by atoms with Crippen LogP contribution in [-0.2, 0) is 10.1 Å². The Morgan fingerprint density at radius 3 is 1.19 bits per heavy atom. The molecule has 16 heavy (non-hydrogen) atoms. The molecule has 0 spiro atoms. The van der Waals surface area contributed by atoms with Crippen LogP contribution >= 0.6 is 0 Å². The van der Waals surface area contributed by atoms with Crippen LogP contribution in [-0.4, -0.2) is 59.2 Å². The Kier molecular flexibility index (Phi) is 7.08. The molecule has 0 saturated heterocycles. The van der Waals surface area contributed by atoms with Crippen LogP contribution in [0, 0.1) is 0 Å². The summed E-state index contributed by atoms with van der Waals surface area (Å²) in [6.07, 6.45) is 0. The third kappa shape index (κ3) is 6.92. The SMILES string of the molecule is NC(CO)(CO)CO.O=S(=O)(O)C(F)(F)F. The van der Waals surface area contributed by atoms with E-state index in [0.717, 1.165) is 0 Å². The van der Waals surface area contributed by atoms with Gasteiger partial charge in [-0.3, -0.25) is 4.55 Å². The van der Waals surface area contributed by atoms with Gasteiger partial charge in [0.25, 0.3) is 0 Å². The fourth-order valence-electron chi connectivity index (χ4n) is 0.150. The van der Waals surface area contributed by atoms with Crippen LogP contribution in [0.2, 0.25) is 0 Å². The Bertz CT molecular complexity index is 277. The molecule has 0 amide bonds. The van der Waals surface area contributed by atoms with Crippen molar-refractivity contribution in [1.82, 2.24) is 0 Å². The fourth-order valence-corrected chi connectivity index (χ4v) is 0.150. The van der Waals surface area contributed by atoms with E-state index >= 15 is 0 Å². The van der Waals surface area contributed by atoms with E-state index in [1.807, 2.05) is 0 Å². The molecule has 0 saturated carbocycles. The minimum atomic E-state index is -5.84. The molecule has 0 radical (unpaired) electrons. The molecule has 0 aromatic carbocycles. The van der Waals surface area contributed by atoms with Crippen LogP contribution < -0.4 is 5.73 Å². The zero-order valence-electron chi connectivity index (χ0n) is 7.85. The van der Waals surface area contributed by atoms with Crippen LogP contribution in [0.3, 0.4) is 0 Å². The normalized spacial score (nSPS) is 13.0. The van der Waals surface area contributed by atoms with Crippen LogP contribution in [0.4, 0.5) is 13.2 Å². The molecule has 11 heteroatoms. The second kappa shape index (κ2) is 6.32. The van der Waals surface area contributed by atoms with Gasteiger partial charge < -0.3 is 21.1 Å². The molecule has 0 aliphatic heterocycles. The molecule has 0 fully saturated rings. The summed E-state index contributed by atoms with van der Waals surface area (Å²) in [5.41, 5.74) is -1.60. The van der Waals surface area contributed by atoms with Crippen molar-refractivity contribution in [3.8, 4) is 0 Å². The lowest BCUT2D eigenvalue weighted by Crippen LogP contribution is -2.50. The van der Waals surface area contributed by atoms with E-state index in [9.17, 15) is 13.2 Å². The molecule has 100 valence electrons. The van der Waals surface area contributed by atoms with Crippen LogP contribution in [0.5, 0.6) is 0 Å². The summed E-state index contributed by atoms with van der Waals surface area (Å²) in [5, 5.41) is 25.0. The number of hydrogen-bond acceptors (Lipinski definition) is 6. The molecule has 0 atom stereocenters. The van der Waals surface area contributed by atoms with Gasteiger partial charge in [-0.05, 0) is 0 Å². The van der Waals surface area contributed by atoms with Crippen LogP contribution in [0.25, 0.3) is 0 Å². The Morgan fingerprint density at radius 2 is 1.19 bits per heavy atom. The summed E-state index contributed by atoms with van der Waals surface area (Å²) >= 11 is 0. The highest BCUT2D eigenvalue weighted by Crippen LogP contribution is 2.20. The summed E-state index contributed by atoms with van der Waals surface area (Å²) in [6.45, 7) is -1.21. The maximum absolute atomic E-state index is 10.7. The highest BCUT2D eigenvalue weighted by atomic mass is 32.2. The fraction of sp³-hybridized carbons (Fsp3) is 1.00. The van der Waals surface area contributed by atoms with Crippen molar-refractivity contribution in [3.63, 3.8) is 0 Å². The average molecular weight is 271 g/mol. The molecule has 0 heterocycles. The average Bonchev–Trinajstić information content (AvgIpc) is 2.14. The first kappa shape index (κ1) is 17.9. The summed E-state index contributed by atoms with van der Waals surface area (Å²) in [5.74, 6) is 0. The van der Waals surface area contributed by atoms with Gasteiger partial charge in [-0.2, -0.15) is 21.6 Å². The van der Waals surface area contributed by atoms with Gasteiger partial charge in [-0.15, -0.1) is 0 Å². The Morgan fingerprint density at radius 1 is 1.00 bits per heavy atom. The van der Waals surface area contributed by atoms with E-state index in [-0.39, 0.29) is 0 Å². The summed E-state index contributed by atoms with van der Waals surface area (Å²) in [4.78, 5) is 0. The van der Waals surface area contributed by atoms with E-state index in [4.69, 9.17) is 34.0 Å². The predicted molar refractivity (Wildman–Crippen MR) is 45.8 cm³/mol. The molecule has 0 aliphatic rings. The summed E-state index contributed by atoms with van der Waals surface area (Å²) in [6, 6.07) is 0. The van der Waals surface area contributed by atoms with E-state index in [1.165, 1.54) is 0 Å². The first-order valence-corrected chi connectivity index (χ1v) is 5.03. The second-order valence-corrected chi connectivity index (χ2v) is 4.17. The zero-order valence-corrected chi connectivity index (χ0v) is 8.66. The van der Waals surface area contributed by atoms with Gasteiger partial charge in [0.2, 0.25) is 0 Å². The second-order valence-electron chi connectivity index (χ2n) is 2.76. The quantitative estimate of drug-likeness (QED) is 0.297. The molecule has 7 nitrogen and oxygen atoms in total. The highest BCUT2D eigenvalue weighted by Gasteiger charge is 2.44. The molecular weight excluding hydrogens is 259 g/mol. The number of nitrogens with two attached hydrogens (primary N) is 1. The maximum atomic E-state index is 10.7. The summed E-state index contributed by atoms with van der Waals surface area (Å²) in [7, 11) is -5.84. The first-order chi connectivity index (χ1) is 6.93. The molecule has 0 aromatic heterocycles. The smallest absolute Gasteiger partial charge is 0.394 e. The number of hydrogen-bond donors (Lipinski definition) is 5. The number of aliphatic hydroxyl groups excluding tert-OH is 3. The van der Waals surface area contributed by atoms with E-state index in [0.29, 0.717) is 0 Å². The van der Waals surface area contributed by atoms with Gasteiger partial charge in [0, 0.05) is 0 Å². The Balaban J connectivity index is 0.